The number of halogens is 1. The zero-order valence-corrected chi connectivity index (χ0v) is 15.6. The number of aromatic nitrogens is 2. The Bertz CT molecular complexity index is 1090. The number of nitrogens with zero attached hydrogens (tertiary/aromatic N) is 3. The fourth-order valence-electron chi connectivity index (χ4n) is 3.39. The minimum absolute atomic E-state index is 0.0615. The summed E-state index contributed by atoms with van der Waals surface area (Å²) in [5.41, 5.74) is 1.72. The van der Waals surface area contributed by atoms with E-state index in [9.17, 15) is 14.0 Å². The van der Waals surface area contributed by atoms with Crippen LogP contribution in [0.2, 0.25) is 0 Å². The lowest BCUT2D eigenvalue weighted by atomic mass is 10.1. The Morgan fingerprint density at radius 2 is 1.93 bits per heavy atom. The van der Waals surface area contributed by atoms with E-state index in [1.165, 1.54) is 12.1 Å². The normalized spacial score (nSPS) is 14.5. The van der Waals surface area contributed by atoms with Crippen molar-refractivity contribution >= 4 is 16.8 Å². The summed E-state index contributed by atoms with van der Waals surface area (Å²) in [4.78, 5) is 32.2. The van der Waals surface area contributed by atoms with Gasteiger partial charge in [-0.2, -0.15) is 0 Å². The number of nitrogens with one attached hydrogen (secondary N) is 1. The summed E-state index contributed by atoms with van der Waals surface area (Å²) < 4.78 is 14.7. The highest BCUT2D eigenvalue weighted by molar-refractivity contribution is 5.97. The highest BCUT2D eigenvalue weighted by atomic mass is 19.1. The van der Waals surface area contributed by atoms with E-state index in [2.05, 4.69) is 15.2 Å². The summed E-state index contributed by atoms with van der Waals surface area (Å²) >= 11 is 0. The van der Waals surface area contributed by atoms with Gasteiger partial charge in [0.15, 0.2) is 0 Å². The Hall–Kier alpha value is -3.06. The van der Waals surface area contributed by atoms with E-state index < -0.39 is 0 Å². The van der Waals surface area contributed by atoms with Gasteiger partial charge in [-0.1, -0.05) is 12.1 Å². The molecule has 0 bridgehead atoms. The zero-order valence-electron chi connectivity index (χ0n) is 15.6. The largest absolute Gasteiger partial charge is 0.348 e. The summed E-state index contributed by atoms with van der Waals surface area (Å²) in [6.07, 6.45) is 0.697. The summed E-state index contributed by atoms with van der Waals surface area (Å²) in [7, 11) is 2.03. The van der Waals surface area contributed by atoms with Gasteiger partial charge in [-0.05, 0) is 42.9 Å². The fraction of sp³-hybridized carbons (Fsp3) is 0.286. The molecule has 144 valence electrons. The monoisotopic (exact) mass is 380 g/mol. The molecule has 0 radical (unpaired) electrons. The number of amides is 1. The van der Waals surface area contributed by atoms with Gasteiger partial charge in [-0.3, -0.25) is 14.2 Å². The van der Waals surface area contributed by atoms with Gasteiger partial charge in [-0.25, -0.2) is 9.37 Å². The predicted molar refractivity (Wildman–Crippen MR) is 105 cm³/mol. The maximum absolute atomic E-state index is 13.0. The van der Waals surface area contributed by atoms with Gasteiger partial charge in [0, 0.05) is 38.2 Å². The van der Waals surface area contributed by atoms with Gasteiger partial charge >= 0.3 is 0 Å². The van der Waals surface area contributed by atoms with Crippen molar-refractivity contribution in [1.29, 1.82) is 0 Å². The Balaban J connectivity index is 1.59. The molecule has 0 fully saturated rings. The van der Waals surface area contributed by atoms with Gasteiger partial charge in [0.25, 0.3) is 11.5 Å². The van der Waals surface area contributed by atoms with Gasteiger partial charge in [0.1, 0.15) is 11.6 Å². The number of carbonyl (C=O) groups is 1. The van der Waals surface area contributed by atoms with Crippen LogP contribution in [0.3, 0.4) is 0 Å². The first-order valence-electron chi connectivity index (χ1n) is 9.26. The standard InChI is InChI=1S/C21H21FN4O2/c1-25-9-8-19-24-18-12-15(4-7-17(18)21(28)26(19)11-10-25)20(27)23-13-14-2-5-16(22)6-3-14/h2-7,12H,8-11,13H2,1H3,(H,23,27). The molecule has 2 heterocycles. The second-order valence-corrected chi connectivity index (χ2v) is 7.08. The molecule has 1 amide bonds. The van der Waals surface area contributed by atoms with Crippen molar-refractivity contribution < 1.29 is 9.18 Å². The van der Waals surface area contributed by atoms with Crippen molar-refractivity contribution in [2.24, 2.45) is 0 Å². The van der Waals surface area contributed by atoms with Crippen LogP contribution >= 0.6 is 0 Å². The summed E-state index contributed by atoms with van der Waals surface area (Å²) in [6.45, 7) is 2.57. The highest BCUT2D eigenvalue weighted by Crippen LogP contribution is 2.14. The van der Waals surface area contributed by atoms with Crippen LogP contribution < -0.4 is 10.9 Å². The van der Waals surface area contributed by atoms with E-state index in [1.54, 1.807) is 34.9 Å². The highest BCUT2D eigenvalue weighted by Gasteiger charge is 2.17. The Morgan fingerprint density at radius 3 is 2.71 bits per heavy atom. The molecule has 3 aromatic rings. The maximum Gasteiger partial charge on any atom is 0.261 e. The maximum atomic E-state index is 13.0. The van der Waals surface area contributed by atoms with Crippen LogP contribution in [0.25, 0.3) is 10.9 Å². The smallest absolute Gasteiger partial charge is 0.261 e. The minimum Gasteiger partial charge on any atom is -0.348 e. The van der Waals surface area contributed by atoms with Crippen molar-refractivity contribution in [3.63, 3.8) is 0 Å². The molecule has 1 aliphatic rings. The molecule has 0 saturated carbocycles. The van der Waals surface area contributed by atoms with Crippen molar-refractivity contribution in [1.82, 2.24) is 19.8 Å². The number of rotatable bonds is 3. The first-order chi connectivity index (χ1) is 13.5. The molecular formula is C21H21FN4O2. The van der Waals surface area contributed by atoms with Crippen LogP contribution in [0.5, 0.6) is 0 Å². The lowest BCUT2D eigenvalue weighted by Crippen LogP contribution is -2.27. The molecule has 2 aromatic carbocycles. The number of hydrogen-bond donors (Lipinski definition) is 1. The topological polar surface area (TPSA) is 67.2 Å². The van der Waals surface area contributed by atoms with Crippen LogP contribution in [0.4, 0.5) is 4.39 Å². The molecule has 1 aromatic heterocycles. The molecule has 6 nitrogen and oxygen atoms in total. The van der Waals surface area contributed by atoms with Crippen molar-refractivity contribution in [3.05, 3.63) is 75.6 Å². The van der Waals surface area contributed by atoms with Gasteiger partial charge in [0.2, 0.25) is 0 Å². The van der Waals surface area contributed by atoms with E-state index in [0.717, 1.165) is 24.5 Å². The zero-order chi connectivity index (χ0) is 19.7. The minimum atomic E-state index is -0.313. The van der Waals surface area contributed by atoms with E-state index in [4.69, 9.17) is 0 Å². The second kappa shape index (κ2) is 7.52. The molecule has 0 saturated heterocycles. The number of hydrogen-bond acceptors (Lipinski definition) is 4. The summed E-state index contributed by atoms with van der Waals surface area (Å²) in [5, 5.41) is 3.33. The Labute approximate surface area is 161 Å². The van der Waals surface area contributed by atoms with Crippen LogP contribution in [0.1, 0.15) is 21.7 Å². The molecule has 7 heteroatoms. The first kappa shape index (κ1) is 18.3. The molecule has 0 atom stereocenters. The average molecular weight is 380 g/mol. The third kappa shape index (κ3) is 3.66. The summed E-state index contributed by atoms with van der Waals surface area (Å²) in [5.74, 6) is 0.181. The number of benzene rings is 2. The molecule has 28 heavy (non-hydrogen) atoms. The number of carbonyl (C=O) groups excluding carboxylic acids is 1. The molecule has 0 spiro atoms. The molecule has 4 rings (SSSR count). The SMILES string of the molecule is CN1CCc2nc3cc(C(=O)NCc4ccc(F)cc4)ccc3c(=O)n2CC1. The lowest BCUT2D eigenvalue weighted by Gasteiger charge is -2.11. The van der Waals surface area contributed by atoms with Crippen LogP contribution in [-0.2, 0) is 19.5 Å². The van der Waals surface area contributed by atoms with Gasteiger partial charge in [0.05, 0.1) is 10.9 Å². The van der Waals surface area contributed by atoms with Crippen LogP contribution in [0, 0.1) is 5.82 Å². The summed E-state index contributed by atoms with van der Waals surface area (Å²) in [6, 6.07) is 10.9. The second-order valence-electron chi connectivity index (χ2n) is 7.08. The van der Waals surface area contributed by atoms with Crippen LogP contribution in [-0.4, -0.2) is 40.5 Å². The van der Waals surface area contributed by atoms with Crippen molar-refractivity contribution in [2.75, 3.05) is 20.1 Å². The quantitative estimate of drug-likeness (QED) is 0.754. The fourth-order valence-corrected chi connectivity index (χ4v) is 3.39. The van der Waals surface area contributed by atoms with E-state index >= 15 is 0 Å². The lowest BCUT2D eigenvalue weighted by molar-refractivity contribution is 0.0951. The van der Waals surface area contributed by atoms with Gasteiger partial charge < -0.3 is 10.2 Å². The molecule has 1 N–H and O–H groups in total. The molecule has 1 aliphatic heterocycles. The molecule has 0 unspecified atom stereocenters. The third-order valence-corrected chi connectivity index (χ3v) is 5.09. The molecule has 0 aliphatic carbocycles. The third-order valence-electron chi connectivity index (χ3n) is 5.09. The van der Waals surface area contributed by atoms with Gasteiger partial charge in [-0.15, -0.1) is 0 Å². The number of likely N-dealkylation sites (N-methyl/N-ethyl adjacent to an activating group) is 1. The van der Waals surface area contributed by atoms with E-state index in [0.29, 0.717) is 36.0 Å². The molecular weight excluding hydrogens is 359 g/mol. The van der Waals surface area contributed by atoms with E-state index in [-0.39, 0.29) is 17.3 Å². The Morgan fingerprint density at radius 1 is 1.14 bits per heavy atom. The predicted octanol–water partition coefficient (Wildman–Crippen LogP) is 1.95. The average Bonchev–Trinajstić information content (AvgIpc) is 2.89. The van der Waals surface area contributed by atoms with Crippen molar-refractivity contribution in [3.8, 4) is 0 Å². The number of fused-ring (bicyclic) bond motifs is 2. The van der Waals surface area contributed by atoms with Crippen molar-refractivity contribution in [2.45, 2.75) is 19.5 Å². The van der Waals surface area contributed by atoms with E-state index in [1.807, 2.05) is 7.05 Å². The Kier molecular flexibility index (Phi) is 4.92. The van der Waals surface area contributed by atoms with Crippen LogP contribution in [0.15, 0.2) is 47.3 Å². The first-order valence-corrected chi connectivity index (χ1v) is 9.26.